The fourth-order valence-corrected chi connectivity index (χ4v) is 2.66. The Kier molecular flexibility index (Phi) is 7.15. The molecule has 0 aliphatic carbocycles. The van der Waals surface area contributed by atoms with Gasteiger partial charge in [0.2, 0.25) is 5.91 Å². The van der Waals surface area contributed by atoms with E-state index in [1.54, 1.807) is 36.2 Å². The molecular formula is C17H24FN3O4. The highest BCUT2D eigenvalue weighted by molar-refractivity contribution is 5.96. The van der Waals surface area contributed by atoms with Crippen molar-refractivity contribution in [3.05, 3.63) is 30.1 Å². The van der Waals surface area contributed by atoms with Gasteiger partial charge in [-0.3, -0.25) is 4.79 Å². The van der Waals surface area contributed by atoms with Gasteiger partial charge in [-0.25, -0.2) is 9.18 Å². The summed E-state index contributed by atoms with van der Waals surface area (Å²) in [7, 11) is 3.14. The van der Waals surface area contributed by atoms with Crippen molar-refractivity contribution in [1.82, 2.24) is 10.2 Å². The number of nitrogens with zero attached hydrogens (tertiary/aromatic N) is 2. The first kappa shape index (κ1) is 19.1. The van der Waals surface area contributed by atoms with Crippen LogP contribution in [0.25, 0.3) is 0 Å². The molecule has 2 rings (SSSR count). The van der Waals surface area contributed by atoms with Crippen LogP contribution >= 0.6 is 0 Å². The molecule has 138 valence electrons. The minimum atomic E-state index is -0.354. The van der Waals surface area contributed by atoms with E-state index in [0.717, 1.165) is 0 Å². The van der Waals surface area contributed by atoms with Gasteiger partial charge in [-0.2, -0.15) is 0 Å². The molecule has 1 heterocycles. The van der Waals surface area contributed by atoms with Crippen molar-refractivity contribution >= 4 is 17.6 Å². The van der Waals surface area contributed by atoms with Crippen molar-refractivity contribution < 1.29 is 23.5 Å². The van der Waals surface area contributed by atoms with Crippen LogP contribution in [0.4, 0.5) is 14.9 Å². The van der Waals surface area contributed by atoms with E-state index in [2.05, 4.69) is 5.32 Å². The molecule has 3 amide bonds. The first-order valence-corrected chi connectivity index (χ1v) is 8.14. The Bertz CT molecular complexity index is 574. The average Bonchev–Trinajstić information content (AvgIpc) is 2.96. The van der Waals surface area contributed by atoms with Crippen LogP contribution in [0.2, 0.25) is 0 Å². The molecular weight excluding hydrogens is 329 g/mol. The standard InChI is InChI=1S/C17H24FN3O4/c1-24-9-7-20(8-10-25-2)17(23)19-14-11-16(22)21(12-14)15-5-3-13(18)4-6-15/h3-6,14H,7-12H2,1-2H3,(H,19,23)/t14-/m0/s1. The van der Waals surface area contributed by atoms with Crippen molar-refractivity contribution in [2.24, 2.45) is 0 Å². The summed E-state index contributed by atoms with van der Waals surface area (Å²) in [5.74, 6) is -0.454. The lowest BCUT2D eigenvalue weighted by molar-refractivity contribution is -0.117. The molecule has 7 nitrogen and oxygen atoms in total. The topological polar surface area (TPSA) is 71.1 Å². The summed E-state index contributed by atoms with van der Waals surface area (Å²) in [6, 6.07) is 5.18. The Morgan fingerprint density at radius 2 is 1.84 bits per heavy atom. The maximum absolute atomic E-state index is 13.0. The van der Waals surface area contributed by atoms with Crippen LogP contribution < -0.4 is 10.2 Å². The predicted octanol–water partition coefficient (Wildman–Crippen LogP) is 1.24. The molecule has 1 atom stereocenters. The van der Waals surface area contributed by atoms with Gasteiger partial charge in [-0.1, -0.05) is 0 Å². The largest absolute Gasteiger partial charge is 0.383 e. The van der Waals surface area contributed by atoms with Gasteiger partial charge in [0, 0.05) is 46.0 Å². The van der Waals surface area contributed by atoms with Crippen molar-refractivity contribution in [2.75, 3.05) is 52.0 Å². The van der Waals surface area contributed by atoms with E-state index in [9.17, 15) is 14.0 Å². The number of halogens is 1. The van der Waals surface area contributed by atoms with E-state index >= 15 is 0 Å². The predicted molar refractivity (Wildman–Crippen MR) is 91.0 cm³/mol. The van der Waals surface area contributed by atoms with Crippen LogP contribution in [0.15, 0.2) is 24.3 Å². The first-order chi connectivity index (χ1) is 12.0. The molecule has 0 unspecified atom stereocenters. The molecule has 0 spiro atoms. The number of urea groups is 1. The van der Waals surface area contributed by atoms with Crippen molar-refractivity contribution in [3.63, 3.8) is 0 Å². The maximum Gasteiger partial charge on any atom is 0.317 e. The highest BCUT2D eigenvalue weighted by atomic mass is 19.1. The van der Waals surface area contributed by atoms with Crippen LogP contribution in [0.3, 0.4) is 0 Å². The van der Waals surface area contributed by atoms with Crippen LogP contribution in [-0.4, -0.2) is 69.9 Å². The maximum atomic E-state index is 13.0. The number of rotatable bonds is 8. The zero-order valence-electron chi connectivity index (χ0n) is 14.5. The Morgan fingerprint density at radius 1 is 1.24 bits per heavy atom. The molecule has 1 saturated heterocycles. The number of carbonyl (C=O) groups is 2. The number of amides is 3. The average molecular weight is 353 g/mol. The smallest absolute Gasteiger partial charge is 0.317 e. The molecule has 1 N–H and O–H groups in total. The van der Waals surface area contributed by atoms with Crippen LogP contribution in [-0.2, 0) is 14.3 Å². The summed E-state index contributed by atoms with van der Waals surface area (Å²) in [4.78, 5) is 27.8. The highest BCUT2D eigenvalue weighted by Crippen LogP contribution is 2.21. The second kappa shape index (κ2) is 9.33. The van der Waals surface area contributed by atoms with E-state index in [1.165, 1.54) is 12.1 Å². The second-order valence-corrected chi connectivity index (χ2v) is 5.80. The first-order valence-electron chi connectivity index (χ1n) is 8.14. The second-order valence-electron chi connectivity index (χ2n) is 5.80. The molecule has 1 fully saturated rings. The van der Waals surface area contributed by atoms with Gasteiger partial charge >= 0.3 is 6.03 Å². The lowest BCUT2D eigenvalue weighted by atomic mass is 10.2. The molecule has 0 radical (unpaired) electrons. The minimum absolute atomic E-state index is 0.0998. The van der Waals surface area contributed by atoms with Crippen LogP contribution in [0.5, 0.6) is 0 Å². The fraction of sp³-hybridized carbons (Fsp3) is 0.529. The molecule has 0 saturated carbocycles. The van der Waals surface area contributed by atoms with Gasteiger partial charge in [-0.05, 0) is 24.3 Å². The summed E-state index contributed by atoms with van der Waals surface area (Å²) >= 11 is 0. The van der Waals surface area contributed by atoms with Gasteiger partial charge < -0.3 is 24.6 Å². The third-order valence-electron chi connectivity index (χ3n) is 4.01. The Morgan fingerprint density at radius 3 is 2.40 bits per heavy atom. The number of carbonyl (C=O) groups excluding carboxylic acids is 2. The van der Waals surface area contributed by atoms with Gasteiger partial charge in [0.25, 0.3) is 0 Å². The molecule has 1 aliphatic heterocycles. The SMILES string of the molecule is COCCN(CCOC)C(=O)N[C@H]1CC(=O)N(c2ccc(F)cc2)C1. The summed E-state index contributed by atoms with van der Waals surface area (Å²) in [5, 5.41) is 2.88. The number of hydrogen-bond donors (Lipinski definition) is 1. The van der Waals surface area contributed by atoms with Crippen molar-refractivity contribution in [3.8, 4) is 0 Å². The summed E-state index contributed by atoms with van der Waals surface area (Å²) < 4.78 is 23.1. The highest BCUT2D eigenvalue weighted by Gasteiger charge is 2.32. The molecule has 0 bridgehead atoms. The van der Waals surface area contributed by atoms with E-state index in [4.69, 9.17) is 9.47 Å². The molecule has 0 aromatic heterocycles. The van der Waals surface area contributed by atoms with E-state index in [1.807, 2.05) is 0 Å². The number of hydrogen-bond acceptors (Lipinski definition) is 4. The van der Waals surface area contributed by atoms with Crippen LogP contribution in [0, 0.1) is 5.82 Å². The fourth-order valence-electron chi connectivity index (χ4n) is 2.66. The molecule has 25 heavy (non-hydrogen) atoms. The number of methoxy groups -OCH3 is 2. The molecule has 1 aromatic rings. The van der Waals surface area contributed by atoms with Crippen molar-refractivity contribution in [1.29, 1.82) is 0 Å². The Hall–Kier alpha value is -2.19. The Labute approximate surface area is 146 Å². The van der Waals surface area contributed by atoms with Gasteiger partial charge in [0.1, 0.15) is 5.82 Å². The monoisotopic (exact) mass is 353 g/mol. The normalized spacial score (nSPS) is 17.0. The molecule has 1 aromatic carbocycles. The van der Waals surface area contributed by atoms with E-state index in [0.29, 0.717) is 38.5 Å². The number of anilines is 1. The molecule has 8 heteroatoms. The quantitative estimate of drug-likeness (QED) is 0.763. The minimum Gasteiger partial charge on any atom is -0.383 e. The summed E-state index contributed by atoms with van der Waals surface area (Å²) in [5.41, 5.74) is 0.624. The summed E-state index contributed by atoms with van der Waals surface area (Å²) in [6.45, 7) is 2.07. The van der Waals surface area contributed by atoms with E-state index in [-0.39, 0.29) is 30.2 Å². The Balaban J connectivity index is 1.94. The zero-order chi connectivity index (χ0) is 18.2. The van der Waals surface area contributed by atoms with Gasteiger partial charge in [-0.15, -0.1) is 0 Å². The third-order valence-corrected chi connectivity index (χ3v) is 4.01. The molecule has 1 aliphatic rings. The lowest BCUT2D eigenvalue weighted by Gasteiger charge is -2.24. The van der Waals surface area contributed by atoms with Crippen molar-refractivity contribution in [2.45, 2.75) is 12.5 Å². The third kappa shape index (κ3) is 5.40. The van der Waals surface area contributed by atoms with E-state index < -0.39 is 0 Å². The number of benzene rings is 1. The number of ether oxygens (including phenoxy) is 2. The van der Waals surface area contributed by atoms with Crippen LogP contribution in [0.1, 0.15) is 6.42 Å². The lowest BCUT2D eigenvalue weighted by Crippen LogP contribution is -2.47. The van der Waals surface area contributed by atoms with Gasteiger partial charge in [0.05, 0.1) is 19.3 Å². The van der Waals surface area contributed by atoms with Gasteiger partial charge in [0.15, 0.2) is 0 Å². The summed E-state index contributed by atoms with van der Waals surface area (Å²) in [6.07, 6.45) is 0.214. The number of nitrogens with one attached hydrogen (secondary N) is 1. The zero-order valence-corrected chi connectivity index (χ0v) is 14.5.